The molecule has 0 amide bonds. The van der Waals surface area contributed by atoms with Crippen LogP contribution in [0, 0.1) is 0 Å². The maximum Gasteiger partial charge on any atom is 0.231 e. The van der Waals surface area contributed by atoms with Crippen molar-refractivity contribution in [3.63, 3.8) is 0 Å². The maximum atomic E-state index is 9.28. The highest BCUT2D eigenvalue weighted by molar-refractivity contribution is 5.43. The number of phenols is 1. The summed E-state index contributed by atoms with van der Waals surface area (Å²) in [6.07, 6.45) is 1.57. The average molecular weight is 278 g/mol. The zero-order chi connectivity index (χ0) is 14.2. The molecule has 2 aromatic carbocycles. The number of nitrogens with zero attached hydrogens (tertiary/aromatic N) is 2. The lowest BCUT2D eigenvalue weighted by Gasteiger charge is -2.27. The third-order valence-electron chi connectivity index (χ3n) is 3.94. The molecule has 0 saturated carbocycles. The van der Waals surface area contributed by atoms with E-state index in [0.29, 0.717) is 12.3 Å². The summed E-state index contributed by atoms with van der Waals surface area (Å²) >= 11 is 0. The molecule has 1 aliphatic carbocycles. The van der Waals surface area contributed by atoms with E-state index in [-0.39, 0.29) is 11.7 Å². The number of benzene rings is 2. The molecule has 1 aromatic heterocycles. The van der Waals surface area contributed by atoms with Gasteiger partial charge in [0.2, 0.25) is 5.89 Å². The lowest BCUT2D eigenvalue weighted by molar-refractivity contribution is 0.376. The summed E-state index contributed by atoms with van der Waals surface area (Å²) in [5.41, 5.74) is 3.71. The molecule has 4 heteroatoms. The van der Waals surface area contributed by atoms with Crippen molar-refractivity contribution in [2.24, 2.45) is 0 Å². The van der Waals surface area contributed by atoms with Gasteiger partial charge >= 0.3 is 0 Å². The third-order valence-corrected chi connectivity index (χ3v) is 3.94. The van der Waals surface area contributed by atoms with Crippen molar-refractivity contribution >= 4 is 0 Å². The molecule has 1 atom stereocenters. The van der Waals surface area contributed by atoms with Crippen molar-refractivity contribution in [3.8, 4) is 5.75 Å². The summed E-state index contributed by atoms with van der Waals surface area (Å²) in [4.78, 5) is 4.51. The van der Waals surface area contributed by atoms with Gasteiger partial charge in [-0.15, -0.1) is 0 Å². The summed E-state index contributed by atoms with van der Waals surface area (Å²) in [7, 11) is 0. The second-order valence-corrected chi connectivity index (χ2v) is 5.35. The van der Waals surface area contributed by atoms with Crippen LogP contribution in [0.3, 0.4) is 0 Å². The van der Waals surface area contributed by atoms with Crippen LogP contribution in [0.1, 0.15) is 34.3 Å². The van der Waals surface area contributed by atoms with Crippen molar-refractivity contribution in [1.82, 2.24) is 10.1 Å². The second-order valence-electron chi connectivity index (χ2n) is 5.35. The predicted octanol–water partition coefficient (Wildman–Crippen LogP) is 3.05. The Morgan fingerprint density at radius 3 is 2.71 bits per heavy atom. The van der Waals surface area contributed by atoms with Crippen LogP contribution in [0.4, 0.5) is 0 Å². The molecule has 0 fully saturated rings. The van der Waals surface area contributed by atoms with Gasteiger partial charge in [-0.05, 0) is 35.2 Å². The molecule has 3 aromatic rings. The normalized spacial score (nSPS) is 16.3. The largest absolute Gasteiger partial charge is 0.508 e. The number of fused-ring (bicyclic) bond motifs is 1. The second kappa shape index (κ2) is 4.74. The van der Waals surface area contributed by atoms with E-state index in [1.165, 1.54) is 11.1 Å². The Morgan fingerprint density at radius 2 is 1.90 bits per heavy atom. The molecule has 0 radical (unpaired) electrons. The number of phenolic OH excluding ortho intramolecular Hbond substituents is 1. The fourth-order valence-corrected chi connectivity index (χ4v) is 2.76. The molecule has 0 aliphatic heterocycles. The van der Waals surface area contributed by atoms with Gasteiger partial charge in [0.05, 0.1) is 12.3 Å². The van der Waals surface area contributed by atoms with E-state index in [9.17, 15) is 5.11 Å². The lowest BCUT2D eigenvalue weighted by atomic mass is 9.77. The van der Waals surface area contributed by atoms with Gasteiger partial charge in [-0.3, -0.25) is 0 Å². The minimum atomic E-state index is 0.260. The van der Waals surface area contributed by atoms with Crippen LogP contribution in [0.25, 0.3) is 0 Å². The van der Waals surface area contributed by atoms with Gasteiger partial charge in [-0.1, -0.05) is 41.6 Å². The van der Waals surface area contributed by atoms with Crippen LogP contribution in [0.5, 0.6) is 5.75 Å². The van der Waals surface area contributed by atoms with Crippen molar-refractivity contribution in [1.29, 1.82) is 0 Å². The van der Waals surface area contributed by atoms with E-state index in [1.54, 1.807) is 12.1 Å². The highest BCUT2D eigenvalue weighted by Gasteiger charge is 2.30. The first-order valence-electron chi connectivity index (χ1n) is 6.98. The summed E-state index contributed by atoms with van der Waals surface area (Å²) < 4.78 is 5.35. The number of aromatic nitrogens is 2. The Morgan fingerprint density at radius 1 is 1.10 bits per heavy atom. The SMILES string of the molecule is Oc1ccc(Cc2nc(C3Cc4ccccc43)no2)cc1. The highest BCUT2D eigenvalue weighted by atomic mass is 16.5. The molecule has 104 valence electrons. The fourth-order valence-electron chi connectivity index (χ4n) is 2.76. The standard InChI is InChI=1S/C17H14N2O2/c20-13-7-5-11(6-8-13)9-16-18-17(19-21-16)15-10-12-3-1-2-4-14(12)15/h1-8,15,20H,9-10H2. The molecule has 1 unspecified atom stereocenters. The average Bonchev–Trinajstić information content (AvgIpc) is 2.91. The first-order valence-corrected chi connectivity index (χ1v) is 6.98. The lowest BCUT2D eigenvalue weighted by Crippen LogP contribution is -2.19. The maximum absolute atomic E-state index is 9.28. The fraction of sp³-hybridized carbons (Fsp3) is 0.176. The van der Waals surface area contributed by atoms with E-state index in [4.69, 9.17) is 4.52 Å². The monoisotopic (exact) mass is 278 g/mol. The zero-order valence-electron chi connectivity index (χ0n) is 11.4. The minimum Gasteiger partial charge on any atom is -0.508 e. The smallest absolute Gasteiger partial charge is 0.231 e. The predicted molar refractivity (Wildman–Crippen MR) is 77.2 cm³/mol. The molecule has 21 heavy (non-hydrogen) atoms. The van der Waals surface area contributed by atoms with Gasteiger partial charge in [0.15, 0.2) is 5.82 Å². The van der Waals surface area contributed by atoms with Crippen molar-refractivity contribution in [2.45, 2.75) is 18.8 Å². The Labute approximate surface area is 122 Å². The molecule has 0 saturated heterocycles. The number of hydrogen-bond acceptors (Lipinski definition) is 4. The van der Waals surface area contributed by atoms with Gasteiger partial charge in [-0.25, -0.2) is 0 Å². The molecule has 1 heterocycles. The molecule has 4 rings (SSSR count). The number of aromatic hydroxyl groups is 1. The highest BCUT2D eigenvalue weighted by Crippen LogP contribution is 2.38. The van der Waals surface area contributed by atoms with Gasteiger partial charge in [0.25, 0.3) is 0 Å². The van der Waals surface area contributed by atoms with Crippen LogP contribution in [0.2, 0.25) is 0 Å². The Balaban J connectivity index is 1.53. The first kappa shape index (κ1) is 12.1. The van der Waals surface area contributed by atoms with Crippen LogP contribution >= 0.6 is 0 Å². The van der Waals surface area contributed by atoms with E-state index >= 15 is 0 Å². The molecular formula is C17H14N2O2. The van der Waals surface area contributed by atoms with E-state index in [1.807, 2.05) is 18.2 Å². The molecule has 4 nitrogen and oxygen atoms in total. The van der Waals surface area contributed by atoms with Crippen LogP contribution < -0.4 is 0 Å². The van der Waals surface area contributed by atoms with Gasteiger partial charge < -0.3 is 9.63 Å². The zero-order valence-corrected chi connectivity index (χ0v) is 11.4. The Hall–Kier alpha value is -2.62. The molecular weight excluding hydrogens is 264 g/mol. The topological polar surface area (TPSA) is 59.2 Å². The molecule has 1 N–H and O–H groups in total. The molecule has 0 bridgehead atoms. The van der Waals surface area contributed by atoms with E-state index in [2.05, 4.69) is 28.3 Å². The number of rotatable bonds is 3. The van der Waals surface area contributed by atoms with Crippen molar-refractivity contribution in [3.05, 3.63) is 76.9 Å². The molecule has 0 spiro atoms. The Bertz CT molecular complexity index is 777. The van der Waals surface area contributed by atoms with Gasteiger partial charge in [0, 0.05) is 0 Å². The quantitative estimate of drug-likeness (QED) is 0.800. The van der Waals surface area contributed by atoms with Crippen LogP contribution in [-0.2, 0) is 12.8 Å². The van der Waals surface area contributed by atoms with Crippen LogP contribution in [0.15, 0.2) is 53.1 Å². The summed E-state index contributed by atoms with van der Waals surface area (Å²) in [6, 6.07) is 15.4. The van der Waals surface area contributed by atoms with Crippen molar-refractivity contribution < 1.29 is 9.63 Å². The molecule has 1 aliphatic rings. The van der Waals surface area contributed by atoms with Crippen molar-refractivity contribution in [2.75, 3.05) is 0 Å². The Kier molecular flexibility index (Phi) is 2.74. The summed E-state index contributed by atoms with van der Waals surface area (Å²) in [6.45, 7) is 0. The minimum absolute atomic E-state index is 0.260. The van der Waals surface area contributed by atoms with Crippen LogP contribution in [-0.4, -0.2) is 15.2 Å². The van der Waals surface area contributed by atoms with E-state index in [0.717, 1.165) is 17.8 Å². The first-order chi connectivity index (χ1) is 10.3. The van der Waals surface area contributed by atoms with Gasteiger partial charge in [-0.2, -0.15) is 4.98 Å². The summed E-state index contributed by atoms with van der Waals surface area (Å²) in [5, 5.41) is 13.4. The third kappa shape index (κ3) is 2.18. The number of hydrogen-bond donors (Lipinski definition) is 1. The summed E-state index contributed by atoms with van der Waals surface area (Å²) in [5.74, 6) is 1.90. The van der Waals surface area contributed by atoms with Gasteiger partial charge in [0.1, 0.15) is 5.75 Å². The van der Waals surface area contributed by atoms with E-state index < -0.39 is 0 Å².